The molecule has 1 rings (SSSR count). The molecule has 1 aliphatic carbocycles. The minimum Gasteiger partial charge on any atom is -0.391 e. The lowest BCUT2D eigenvalue weighted by Gasteiger charge is -2.10. The Morgan fingerprint density at radius 3 is 2.85 bits per heavy atom. The van der Waals surface area contributed by atoms with E-state index in [9.17, 15) is 9.90 Å². The van der Waals surface area contributed by atoms with Crippen molar-refractivity contribution >= 4 is 5.91 Å². The summed E-state index contributed by atoms with van der Waals surface area (Å²) in [6, 6.07) is 0. The highest BCUT2D eigenvalue weighted by molar-refractivity contribution is 5.76. The van der Waals surface area contributed by atoms with E-state index in [2.05, 4.69) is 5.32 Å². The van der Waals surface area contributed by atoms with Gasteiger partial charge in [0.25, 0.3) is 0 Å². The fourth-order valence-electron chi connectivity index (χ4n) is 1.32. The van der Waals surface area contributed by atoms with E-state index in [0.717, 1.165) is 12.8 Å². The molecule has 0 spiro atoms. The first-order valence-corrected chi connectivity index (χ1v) is 5.17. The van der Waals surface area contributed by atoms with Crippen LogP contribution >= 0.6 is 0 Å². The molecule has 2 N–H and O–H groups in total. The average Bonchev–Trinajstić information content (AvgIpc) is 2.85. The van der Waals surface area contributed by atoms with Crippen LogP contribution < -0.4 is 5.32 Å². The van der Waals surface area contributed by atoms with Crippen LogP contribution in [0.3, 0.4) is 0 Å². The van der Waals surface area contributed by atoms with Crippen LogP contribution in [0.1, 0.15) is 39.0 Å². The maximum atomic E-state index is 11.2. The first-order valence-electron chi connectivity index (χ1n) is 5.17. The fourth-order valence-corrected chi connectivity index (χ4v) is 1.32. The van der Waals surface area contributed by atoms with E-state index in [-0.39, 0.29) is 12.0 Å². The molecular weight excluding hydrogens is 166 g/mol. The Kier molecular flexibility index (Phi) is 4.22. The van der Waals surface area contributed by atoms with Crippen molar-refractivity contribution in [1.29, 1.82) is 0 Å². The van der Waals surface area contributed by atoms with E-state index in [4.69, 9.17) is 0 Å². The van der Waals surface area contributed by atoms with Crippen LogP contribution in [0, 0.1) is 5.92 Å². The van der Waals surface area contributed by atoms with Gasteiger partial charge in [-0.05, 0) is 25.2 Å². The predicted molar refractivity (Wildman–Crippen MR) is 51.3 cm³/mol. The third kappa shape index (κ3) is 4.88. The van der Waals surface area contributed by atoms with Crippen molar-refractivity contribution < 1.29 is 9.90 Å². The second kappa shape index (κ2) is 5.22. The summed E-state index contributed by atoms with van der Waals surface area (Å²) < 4.78 is 0. The number of carbonyl (C=O) groups excluding carboxylic acids is 1. The number of hydrogen-bond donors (Lipinski definition) is 2. The van der Waals surface area contributed by atoms with Gasteiger partial charge in [-0.15, -0.1) is 0 Å². The van der Waals surface area contributed by atoms with E-state index in [1.165, 1.54) is 12.8 Å². The number of hydrogen-bond acceptors (Lipinski definition) is 2. The molecule has 0 aromatic carbocycles. The zero-order valence-electron chi connectivity index (χ0n) is 8.25. The van der Waals surface area contributed by atoms with Crippen molar-refractivity contribution in [3.05, 3.63) is 0 Å². The number of rotatable bonds is 6. The van der Waals surface area contributed by atoms with Gasteiger partial charge in [0.15, 0.2) is 0 Å². The van der Waals surface area contributed by atoms with Gasteiger partial charge >= 0.3 is 0 Å². The van der Waals surface area contributed by atoms with Crippen molar-refractivity contribution in [3.63, 3.8) is 0 Å². The molecule has 0 aliphatic heterocycles. The summed E-state index contributed by atoms with van der Waals surface area (Å²) in [7, 11) is 0. The van der Waals surface area contributed by atoms with Crippen LogP contribution in [0.25, 0.3) is 0 Å². The topological polar surface area (TPSA) is 49.3 Å². The molecule has 1 unspecified atom stereocenters. The Hall–Kier alpha value is -0.570. The van der Waals surface area contributed by atoms with Gasteiger partial charge < -0.3 is 10.4 Å². The molecule has 13 heavy (non-hydrogen) atoms. The van der Waals surface area contributed by atoms with Crippen molar-refractivity contribution in [1.82, 2.24) is 5.32 Å². The van der Waals surface area contributed by atoms with Gasteiger partial charge in [-0.1, -0.05) is 13.3 Å². The predicted octanol–water partition coefficient (Wildman–Crippen LogP) is 1.06. The van der Waals surface area contributed by atoms with Gasteiger partial charge in [0.2, 0.25) is 5.91 Å². The molecule has 1 amide bonds. The van der Waals surface area contributed by atoms with Gasteiger partial charge in [-0.25, -0.2) is 0 Å². The van der Waals surface area contributed by atoms with Gasteiger partial charge in [0.1, 0.15) is 0 Å². The molecule has 3 nitrogen and oxygen atoms in total. The molecule has 0 bridgehead atoms. The quantitative estimate of drug-likeness (QED) is 0.650. The minimum atomic E-state index is -0.367. The summed E-state index contributed by atoms with van der Waals surface area (Å²) in [4.78, 5) is 11.2. The number of aliphatic hydroxyl groups excluding tert-OH is 1. The Morgan fingerprint density at radius 1 is 1.62 bits per heavy atom. The van der Waals surface area contributed by atoms with Crippen LogP contribution in [0.5, 0.6) is 0 Å². The maximum absolute atomic E-state index is 11.2. The summed E-state index contributed by atoms with van der Waals surface area (Å²) >= 11 is 0. The smallest absolute Gasteiger partial charge is 0.220 e. The standard InChI is InChI=1S/C10H19NO2/c1-2-3-9(12)7-11-10(13)6-8-4-5-8/h8-9,12H,2-7H2,1H3,(H,11,13). The van der Waals surface area contributed by atoms with E-state index >= 15 is 0 Å². The highest BCUT2D eigenvalue weighted by atomic mass is 16.3. The summed E-state index contributed by atoms with van der Waals surface area (Å²) in [5.41, 5.74) is 0. The van der Waals surface area contributed by atoms with E-state index in [1.807, 2.05) is 6.92 Å². The van der Waals surface area contributed by atoms with Gasteiger partial charge in [-0.2, -0.15) is 0 Å². The molecule has 1 atom stereocenters. The van der Waals surface area contributed by atoms with Crippen molar-refractivity contribution in [2.24, 2.45) is 5.92 Å². The van der Waals surface area contributed by atoms with Crippen LogP contribution in [0.15, 0.2) is 0 Å². The first-order chi connectivity index (χ1) is 6.22. The van der Waals surface area contributed by atoms with Crippen LogP contribution in [-0.4, -0.2) is 23.7 Å². The molecule has 0 radical (unpaired) electrons. The molecule has 0 aromatic rings. The largest absolute Gasteiger partial charge is 0.391 e. The normalized spacial score (nSPS) is 18.3. The molecular formula is C10H19NO2. The number of nitrogens with one attached hydrogen (secondary N) is 1. The SMILES string of the molecule is CCCC(O)CNC(=O)CC1CC1. The second-order valence-corrected chi connectivity index (χ2v) is 3.89. The van der Waals surface area contributed by atoms with E-state index < -0.39 is 0 Å². The first kappa shape index (κ1) is 10.5. The highest BCUT2D eigenvalue weighted by Crippen LogP contribution is 2.31. The summed E-state index contributed by atoms with van der Waals surface area (Å²) in [6.07, 6.45) is 4.41. The summed E-state index contributed by atoms with van der Waals surface area (Å²) in [6.45, 7) is 2.44. The maximum Gasteiger partial charge on any atom is 0.220 e. The third-order valence-electron chi connectivity index (χ3n) is 2.33. The summed E-state index contributed by atoms with van der Waals surface area (Å²) in [5.74, 6) is 0.723. The number of aliphatic hydroxyl groups is 1. The monoisotopic (exact) mass is 185 g/mol. The van der Waals surface area contributed by atoms with Gasteiger partial charge in [0.05, 0.1) is 6.10 Å². The molecule has 0 saturated heterocycles. The van der Waals surface area contributed by atoms with Crippen molar-refractivity contribution in [3.8, 4) is 0 Å². The van der Waals surface area contributed by atoms with Gasteiger partial charge in [0, 0.05) is 13.0 Å². The van der Waals surface area contributed by atoms with Crippen molar-refractivity contribution in [2.45, 2.75) is 45.1 Å². The lowest BCUT2D eigenvalue weighted by atomic mass is 10.2. The van der Waals surface area contributed by atoms with Gasteiger partial charge in [-0.3, -0.25) is 4.79 Å². The van der Waals surface area contributed by atoms with Crippen LogP contribution in [0.2, 0.25) is 0 Å². The lowest BCUT2D eigenvalue weighted by Crippen LogP contribution is -2.32. The Bertz CT molecular complexity index is 166. The highest BCUT2D eigenvalue weighted by Gasteiger charge is 2.24. The molecule has 3 heteroatoms. The zero-order chi connectivity index (χ0) is 9.68. The number of amides is 1. The fraction of sp³-hybridized carbons (Fsp3) is 0.900. The number of carbonyl (C=O) groups is 1. The Labute approximate surface area is 79.5 Å². The zero-order valence-corrected chi connectivity index (χ0v) is 8.25. The van der Waals surface area contributed by atoms with E-state index in [1.54, 1.807) is 0 Å². The second-order valence-electron chi connectivity index (χ2n) is 3.89. The Balaban J connectivity index is 1.99. The molecule has 1 fully saturated rings. The molecule has 76 valence electrons. The molecule has 1 aliphatic rings. The Morgan fingerprint density at radius 2 is 2.31 bits per heavy atom. The average molecular weight is 185 g/mol. The minimum absolute atomic E-state index is 0.0950. The summed E-state index contributed by atoms with van der Waals surface area (Å²) in [5, 5.41) is 12.1. The third-order valence-corrected chi connectivity index (χ3v) is 2.33. The molecule has 0 heterocycles. The van der Waals surface area contributed by atoms with Crippen molar-refractivity contribution in [2.75, 3.05) is 6.54 Å². The molecule has 1 saturated carbocycles. The van der Waals surface area contributed by atoms with Crippen LogP contribution in [-0.2, 0) is 4.79 Å². The lowest BCUT2D eigenvalue weighted by molar-refractivity contribution is -0.121. The van der Waals surface area contributed by atoms with E-state index in [0.29, 0.717) is 18.9 Å². The van der Waals surface area contributed by atoms with Crippen LogP contribution in [0.4, 0.5) is 0 Å². The molecule has 0 aromatic heterocycles.